The number of nitrogens with zero attached hydrogens (tertiary/aromatic N) is 1. The van der Waals surface area contributed by atoms with Crippen LogP contribution in [0.5, 0.6) is 0 Å². The van der Waals surface area contributed by atoms with Crippen LogP contribution in [0, 0.1) is 5.82 Å². The highest BCUT2D eigenvalue weighted by Gasteiger charge is 2.10. The zero-order valence-electron chi connectivity index (χ0n) is 9.62. The van der Waals surface area contributed by atoms with Crippen LogP contribution in [0.1, 0.15) is 18.5 Å². The number of anilines is 1. The van der Waals surface area contributed by atoms with E-state index in [4.69, 9.17) is 11.6 Å². The predicted octanol–water partition coefficient (Wildman–Crippen LogP) is 4.81. The van der Waals surface area contributed by atoms with Crippen molar-refractivity contribution in [3.63, 3.8) is 0 Å². The molecule has 0 spiro atoms. The Morgan fingerprint density at radius 3 is 2.89 bits per heavy atom. The van der Waals surface area contributed by atoms with E-state index < -0.39 is 0 Å². The van der Waals surface area contributed by atoms with Gasteiger partial charge in [-0.3, -0.25) is 4.98 Å². The van der Waals surface area contributed by atoms with Crippen LogP contribution in [0.2, 0.25) is 5.02 Å². The fraction of sp³-hybridized carbons (Fsp3) is 0.154. The number of rotatable bonds is 3. The molecule has 0 bridgehead atoms. The number of aromatic nitrogens is 1. The normalized spacial score (nSPS) is 12.2. The molecule has 0 aliphatic heterocycles. The van der Waals surface area contributed by atoms with E-state index in [-0.39, 0.29) is 11.9 Å². The second kappa shape index (κ2) is 5.67. The van der Waals surface area contributed by atoms with Crippen molar-refractivity contribution >= 4 is 33.2 Å². The minimum absolute atomic E-state index is 0.0667. The number of nitrogens with one attached hydrogen (secondary N) is 1. The first kappa shape index (κ1) is 13.3. The van der Waals surface area contributed by atoms with Gasteiger partial charge in [0.15, 0.2) is 0 Å². The second-order valence-corrected chi connectivity index (χ2v) is 5.10. The van der Waals surface area contributed by atoms with E-state index in [9.17, 15) is 4.39 Å². The molecule has 2 nitrogen and oxygen atoms in total. The molecule has 2 rings (SSSR count). The van der Waals surface area contributed by atoms with E-state index >= 15 is 0 Å². The molecule has 1 N–H and O–H groups in total. The van der Waals surface area contributed by atoms with Crippen LogP contribution >= 0.6 is 27.5 Å². The van der Waals surface area contributed by atoms with Crippen LogP contribution in [-0.2, 0) is 0 Å². The summed E-state index contributed by atoms with van der Waals surface area (Å²) in [6.45, 7) is 1.93. The Morgan fingerprint density at radius 2 is 2.17 bits per heavy atom. The molecule has 0 saturated heterocycles. The van der Waals surface area contributed by atoms with Gasteiger partial charge in [0.2, 0.25) is 0 Å². The molecular weight excluding hydrogens is 319 g/mol. The van der Waals surface area contributed by atoms with E-state index in [1.807, 2.05) is 19.1 Å². The Labute approximate surface area is 118 Å². The van der Waals surface area contributed by atoms with Crippen molar-refractivity contribution in [1.82, 2.24) is 4.98 Å². The predicted molar refractivity (Wildman–Crippen MR) is 75.4 cm³/mol. The smallest absolute Gasteiger partial charge is 0.141 e. The van der Waals surface area contributed by atoms with Crippen molar-refractivity contribution in [2.75, 3.05) is 5.32 Å². The molecule has 0 saturated carbocycles. The number of benzene rings is 1. The van der Waals surface area contributed by atoms with E-state index in [1.54, 1.807) is 12.3 Å². The minimum atomic E-state index is -0.341. The van der Waals surface area contributed by atoms with Crippen molar-refractivity contribution in [2.45, 2.75) is 13.0 Å². The lowest BCUT2D eigenvalue weighted by atomic mass is 10.1. The highest BCUT2D eigenvalue weighted by Crippen LogP contribution is 2.32. The molecule has 1 unspecified atom stereocenters. The lowest BCUT2D eigenvalue weighted by Gasteiger charge is -2.17. The Hall–Kier alpha value is -1.13. The molecule has 2 aromatic rings. The molecule has 18 heavy (non-hydrogen) atoms. The molecule has 5 heteroatoms. The molecule has 1 aromatic carbocycles. The standard InChI is InChI=1S/C13H11BrClFN2/c1-8(9-5-10(16)7-17-6-9)18-12-4-2-3-11(15)13(12)14/h2-8,18H,1H3. The fourth-order valence-electron chi connectivity index (χ4n) is 1.60. The van der Waals surface area contributed by atoms with Gasteiger partial charge in [0.1, 0.15) is 5.82 Å². The molecule has 1 heterocycles. The Balaban J connectivity index is 2.21. The number of pyridine rings is 1. The van der Waals surface area contributed by atoms with E-state index in [0.717, 1.165) is 15.7 Å². The largest absolute Gasteiger partial charge is 0.378 e. The number of halogens is 3. The van der Waals surface area contributed by atoms with Crippen LogP contribution in [0.15, 0.2) is 41.1 Å². The monoisotopic (exact) mass is 328 g/mol. The fourth-order valence-corrected chi connectivity index (χ4v) is 2.15. The zero-order chi connectivity index (χ0) is 13.1. The minimum Gasteiger partial charge on any atom is -0.378 e. The Bertz CT molecular complexity index is 562. The third-order valence-electron chi connectivity index (χ3n) is 2.55. The summed E-state index contributed by atoms with van der Waals surface area (Å²) < 4.78 is 13.9. The van der Waals surface area contributed by atoms with E-state index in [0.29, 0.717) is 5.02 Å². The van der Waals surface area contributed by atoms with Crippen LogP contribution in [0.25, 0.3) is 0 Å². The Kier molecular flexibility index (Phi) is 4.19. The summed E-state index contributed by atoms with van der Waals surface area (Å²) in [6.07, 6.45) is 2.82. The quantitative estimate of drug-likeness (QED) is 0.874. The van der Waals surface area contributed by atoms with Crippen LogP contribution in [0.4, 0.5) is 10.1 Å². The van der Waals surface area contributed by atoms with E-state index in [2.05, 4.69) is 26.2 Å². The maximum Gasteiger partial charge on any atom is 0.141 e. The molecule has 0 fully saturated rings. The van der Waals surface area contributed by atoms with Gasteiger partial charge >= 0.3 is 0 Å². The highest BCUT2D eigenvalue weighted by atomic mass is 79.9. The van der Waals surface area contributed by atoms with Gasteiger partial charge in [-0.05, 0) is 46.6 Å². The third-order valence-corrected chi connectivity index (χ3v) is 3.95. The average molecular weight is 330 g/mol. The lowest BCUT2D eigenvalue weighted by Crippen LogP contribution is -2.07. The Morgan fingerprint density at radius 1 is 1.39 bits per heavy atom. The first-order valence-electron chi connectivity index (χ1n) is 5.39. The van der Waals surface area contributed by atoms with Gasteiger partial charge in [-0.2, -0.15) is 0 Å². The third kappa shape index (κ3) is 3.00. The summed E-state index contributed by atoms with van der Waals surface area (Å²) in [5, 5.41) is 3.89. The van der Waals surface area contributed by atoms with Gasteiger partial charge in [-0.15, -0.1) is 0 Å². The molecule has 0 radical (unpaired) electrons. The number of hydrogen-bond acceptors (Lipinski definition) is 2. The average Bonchev–Trinajstić information content (AvgIpc) is 2.35. The van der Waals surface area contributed by atoms with Crippen LogP contribution < -0.4 is 5.32 Å². The number of hydrogen-bond donors (Lipinski definition) is 1. The zero-order valence-corrected chi connectivity index (χ0v) is 12.0. The summed E-state index contributed by atoms with van der Waals surface area (Å²) in [4.78, 5) is 3.83. The van der Waals surface area contributed by atoms with Crippen LogP contribution in [-0.4, -0.2) is 4.98 Å². The van der Waals surface area contributed by atoms with Crippen molar-refractivity contribution in [1.29, 1.82) is 0 Å². The van der Waals surface area contributed by atoms with Gasteiger partial charge in [-0.1, -0.05) is 17.7 Å². The van der Waals surface area contributed by atoms with Gasteiger partial charge < -0.3 is 5.32 Å². The molecule has 0 aliphatic carbocycles. The van der Waals surface area contributed by atoms with Crippen molar-refractivity contribution in [3.8, 4) is 0 Å². The first-order chi connectivity index (χ1) is 8.58. The summed E-state index contributed by atoms with van der Waals surface area (Å²) in [7, 11) is 0. The first-order valence-corrected chi connectivity index (χ1v) is 6.56. The SMILES string of the molecule is CC(Nc1cccc(Cl)c1Br)c1cncc(F)c1. The van der Waals surface area contributed by atoms with Gasteiger partial charge in [0.05, 0.1) is 27.4 Å². The molecule has 1 atom stereocenters. The summed E-state index contributed by atoms with van der Waals surface area (Å²) in [6, 6.07) is 6.95. The van der Waals surface area contributed by atoms with Crippen molar-refractivity contribution in [3.05, 3.63) is 57.5 Å². The topological polar surface area (TPSA) is 24.9 Å². The maximum absolute atomic E-state index is 13.1. The molecular formula is C13H11BrClFN2. The summed E-state index contributed by atoms with van der Waals surface area (Å²) in [5.74, 6) is -0.341. The van der Waals surface area contributed by atoms with Gasteiger partial charge in [0.25, 0.3) is 0 Å². The van der Waals surface area contributed by atoms with Crippen molar-refractivity contribution in [2.24, 2.45) is 0 Å². The highest BCUT2D eigenvalue weighted by molar-refractivity contribution is 9.10. The van der Waals surface area contributed by atoms with E-state index in [1.165, 1.54) is 12.3 Å². The molecule has 0 aliphatic rings. The molecule has 94 valence electrons. The summed E-state index contributed by atoms with van der Waals surface area (Å²) in [5.41, 5.74) is 1.64. The van der Waals surface area contributed by atoms with Gasteiger partial charge in [0, 0.05) is 6.20 Å². The van der Waals surface area contributed by atoms with Gasteiger partial charge in [-0.25, -0.2) is 4.39 Å². The maximum atomic E-state index is 13.1. The molecule has 1 aromatic heterocycles. The second-order valence-electron chi connectivity index (χ2n) is 3.90. The molecule has 0 amide bonds. The van der Waals surface area contributed by atoms with Crippen LogP contribution in [0.3, 0.4) is 0 Å². The van der Waals surface area contributed by atoms with Crippen molar-refractivity contribution < 1.29 is 4.39 Å². The summed E-state index contributed by atoms with van der Waals surface area (Å²) >= 11 is 9.42. The lowest BCUT2D eigenvalue weighted by molar-refractivity contribution is 0.616.